The van der Waals surface area contributed by atoms with Crippen molar-refractivity contribution in [3.05, 3.63) is 11.8 Å². The van der Waals surface area contributed by atoms with Gasteiger partial charge in [-0.15, -0.1) is 0 Å². The lowest BCUT2D eigenvalue weighted by Crippen LogP contribution is -2.18. The first kappa shape index (κ1) is 9.03. The molecule has 3 nitrogen and oxygen atoms in total. The van der Waals surface area contributed by atoms with Crippen molar-refractivity contribution < 1.29 is 9.84 Å². The molecule has 2 N–H and O–H groups in total. The summed E-state index contributed by atoms with van der Waals surface area (Å²) in [5, 5.41) is 13.1. The molecule has 3 heteroatoms. The molecule has 2 aliphatic rings. The van der Waals surface area contributed by atoms with Crippen LogP contribution in [-0.2, 0) is 4.74 Å². The third-order valence-electron chi connectivity index (χ3n) is 2.78. The van der Waals surface area contributed by atoms with E-state index in [9.17, 15) is 5.11 Å². The Morgan fingerprint density at radius 1 is 1.69 bits per heavy atom. The molecule has 74 valence electrons. The van der Waals surface area contributed by atoms with Crippen LogP contribution in [0.4, 0.5) is 0 Å². The Morgan fingerprint density at radius 3 is 3.23 bits per heavy atom. The highest BCUT2D eigenvalue weighted by Gasteiger charge is 2.22. The average molecular weight is 183 g/mol. The van der Waals surface area contributed by atoms with Crippen LogP contribution < -0.4 is 5.32 Å². The quantitative estimate of drug-likeness (QED) is 0.675. The second-order valence-electron chi connectivity index (χ2n) is 3.85. The third-order valence-corrected chi connectivity index (χ3v) is 2.78. The van der Waals surface area contributed by atoms with E-state index in [1.165, 1.54) is 6.42 Å². The summed E-state index contributed by atoms with van der Waals surface area (Å²) in [6.07, 6.45) is 4.62. The number of aliphatic hydroxyl groups excluding tert-OH is 1. The molecule has 2 atom stereocenters. The summed E-state index contributed by atoms with van der Waals surface area (Å²) in [4.78, 5) is 0. The van der Waals surface area contributed by atoms with Gasteiger partial charge in [-0.25, -0.2) is 0 Å². The van der Waals surface area contributed by atoms with Crippen molar-refractivity contribution in [2.45, 2.75) is 25.4 Å². The van der Waals surface area contributed by atoms with Crippen LogP contribution in [0.25, 0.3) is 0 Å². The summed E-state index contributed by atoms with van der Waals surface area (Å²) in [6, 6.07) is 0. The number of hydrogen-bond acceptors (Lipinski definition) is 3. The van der Waals surface area contributed by atoms with E-state index in [0.717, 1.165) is 38.3 Å². The highest BCUT2D eigenvalue weighted by atomic mass is 16.5. The zero-order valence-electron chi connectivity index (χ0n) is 7.83. The summed E-state index contributed by atoms with van der Waals surface area (Å²) >= 11 is 0. The van der Waals surface area contributed by atoms with Crippen molar-refractivity contribution in [2.75, 3.05) is 19.7 Å². The van der Waals surface area contributed by atoms with Gasteiger partial charge in [-0.2, -0.15) is 0 Å². The normalized spacial score (nSPS) is 29.9. The average Bonchev–Trinajstić information content (AvgIpc) is 2.74. The van der Waals surface area contributed by atoms with E-state index in [-0.39, 0.29) is 6.10 Å². The van der Waals surface area contributed by atoms with Crippen LogP contribution in [0, 0.1) is 5.92 Å². The molecule has 0 amide bonds. The van der Waals surface area contributed by atoms with Gasteiger partial charge in [0, 0.05) is 6.42 Å². The van der Waals surface area contributed by atoms with Crippen molar-refractivity contribution in [2.24, 2.45) is 5.92 Å². The van der Waals surface area contributed by atoms with Gasteiger partial charge in [0.25, 0.3) is 0 Å². The van der Waals surface area contributed by atoms with Crippen LogP contribution in [0.2, 0.25) is 0 Å². The molecule has 1 saturated heterocycles. The first-order valence-corrected chi connectivity index (χ1v) is 5.08. The minimum Gasteiger partial charge on any atom is -0.495 e. The fraction of sp³-hybridized carbons (Fsp3) is 0.800. The maximum atomic E-state index is 9.79. The lowest BCUT2D eigenvalue weighted by Gasteiger charge is -2.15. The molecule has 2 heterocycles. The zero-order chi connectivity index (χ0) is 9.10. The number of nitrogens with one attached hydrogen (secondary N) is 1. The Hall–Kier alpha value is -0.540. The second kappa shape index (κ2) is 4.11. The second-order valence-corrected chi connectivity index (χ2v) is 3.85. The summed E-state index contributed by atoms with van der Waals surface area (Å²) < 4.78 is 5.32. The SMILES string of the molecule is OC(CC1CCNC1)C1=CCCO1. The molecule has 0 aromatic rings. The van der Waals surface area contributed by atoms with Crippen molar-refractivity contribution >= 4 is 0 Å². The Labute approximate surface area is 78.8 Å². The molecular weight excluding hydrogens is 166 g/mol. The van der Waals surface area contributed by atoms with Gasteiger partial charge in [0.15, 0.2) is 0 Å². The summed E-state index contributed by atoms with van der Waals surface area (Å²) in [6.45, 7) is 2.89. The van der Waals surface area contributed by atoms with E-state index < -0.39 is 0 Å². The molecule has 2 unspecified atom stereocenters. The minimum absolute atomic E-state index is 0.368. The van der Waals surface area contributed by atoms with E-state index in [1.54, 1.807) is 0 Å². The highest BCUT2D eigenvalue weighted by molar-refractivity contribution is 5.04. The van der Waals surface area contributed by atoms with Gasteiger partial charge in [0.1, 0.15) is 11.9 Å². The van der Waals surface area contributed by atoms with E-state index in [2.05, 4.69) is 5.32 Å². The van der Waals surface area contributed by atoms with Crippen molar-refractivity contribution in [3.63, 3.8) is 0 Å². The summed E-state index contributed by atoms with van der Waals surface area (Å²) in [5.41, 5.74) is 0. The fourth-order valence-electron chi connectivity index (χ4n) is 2.02. The number of aliphatic hydroxyl groups is 1. The molecule has 2 rings (SSSR count). The molecular formula is C10H17NO2. The van der Waals surface area contributed by atoms with Gasteiger partial charge >= 0.3 is 0 Å². The lowest BCUT2D eigenvalue weighted by molar-refractivity contribution is 0.101. The van der Waals surface area contributed by atoms with Crippen LogP contribution in [0.15, 0.2) is 11.8 Å². The Bertz CT molecular complexity index is 197. The van der Waals surface area contributed by atoms with Crippen LogP contribution in [-0.4, -0.2) is 30.9 Å². The van der Waals surface area contributed by atoms with Crippen molar-refractivity contribution in [1.82, 2.24) is 5.32 Å². The molecule has 0 radical (unpaired) electrons. The molecule has 1 fully saturated rings. The minimum atomic E-state index is -0.368. The summed E-state index contributed by atoms with van der Waals surface area (Å²) in [7, 11) is 0. The van der Waals surface area contributed by atoms with Gasteiger partial charge in [-0.1, -0.05) is 0 Å². The molecule has 0 aromatic carbocycles. The van der Waals surface area contributed by atoms with Gasteiger partial charge in [0.05, 0.1) is 6.61 Å². The molecule has 13 heavy (non-hydrogen) atoms. The van der Waals surface area contributed by atoms with Gasteiger partial charge < -0.3 is 15.2 Å². The maximum absolute atomic E-state index is 9.79. The van der Waals surface area contributed by atoms with Gasteiger partial charge in [0.2, 0.25) is 0 Å². The Kier molecular flexibility index (Phi) is 2.86. The smallest absolute Gasteiger partial charge is 0.121 e. The zero-order valence-corrected chi connectivity index (χ0v) is 7.83. The van der Waals surface area contributed by atoms with Gasteiger partial charge in [-0.05, 0) is 37.9 Å². The van der Waals surface area contributed by atoms with Crippen molar-refractivity contribution in [1.29, 1.82) is 0 Å². The van der Waals surface area contributed by atoms with E-state index in [1.807, 2.05) is 6.08 Å². The molecule has 0 saturated carbocycles. The number of ether oxygens (including phenoxy) is 1. The van der Waals surface area contributed by atoms with Crippen LogP contribution in [0.5, 0.6) is 0 Å². The number of rotatable bonds is 3. The Morgan fingerprint density at radius 2 is 2.62 bits per heavy atom. The summed E-state index contributed by atoms with van der Waals surface area (Å²) in [5.74, 6) is 1.42. The van der Waals surface area contributed by atoms with Crippen molar-refractivity contribution in [3.8, 4) is 0 Å². The standard InChI is InChI=1S/C10H17NO2/c12-9(10-2-1-5-13-10)6-8-3-4-11-7-8/h2,8-9,11-12H,1,3-7H2. The Balaban J connectivity index is 1.79. The highest BCUT2D eigenvalue weighted by Crippen LogP contribution is 2.22. The molecule has 2 aliphatic heterocycles. The van der Waals surface area contributed by atoms with Crippen LogP contribution >= 0.6 is 0 Å². The fourth-order valence-corrected chi connectivity index (χ4v) is 2.02. The lowest BCUT2D eigenvalue weighted by atomic mass is 10.00. The predicted octanol–water partition coefficient (Wildman–Crippen LogP) is 0.651. The topological polar surface area (TPSA) is 41.5 Å². The van der Waals surface area contributed by atoms with E-state index in [4.69, 9.17) is 4.74 Å². The first-order chi connectivity index (χ1) is 6.36. The maximum Gasteiger partial charge on any atom is 0.121 e. The number of hydrogen-bond donors (Lipinski definition) is 2. The van der Waals surface area contributed by atoms with Crippen LogP contribution in [0.3, 0.4) is 0 Å². The largest absolute Gasteiger partial charge is 0.495 e. The van der Waals surface area contributed by atoms with E-state index >= 15 is 0 Å². The first-order valence-electron chi connectivity index (χ1n) is 5.08. The molecule has 0 bridgehead atoms. The molecule has 0 aliphatic carbocycles. The predicted molar refractivity (Wildman–Crippen MR) is 50.3 cm³/mol. The van der Waals surface area contributed by atoms with Gasteiger partial charge in [-0.3, -0.25) is 0 Å². The van der Waals surface area contributed by atoms with Crippen LogP contribution in [0.1, 0.15) is 19.3 Å². The monoisotopic (exact) mass is 183 g/mol. The molecule has 0 aromatic heterocycles. The molecule has 0 spiro atoms. The third kappa shape index (κ3) is 2.23. The van der Waals surface area contributed by atoms with E-state index in [0.29, 0.717) is 5.92 Å².